The molecule has 0 saturated carbocycles. The van der Waals surface area contributed by atoms with Gasteiger partial charge in [0.2, 0.25) is 0 Å². The van der Waals surface area contributed by atoms with Crippen molar-refractivity contribution in [3.8, 4) is 5.75 Å². The number of aliphatic imine (C=N–C) groups is 1. The number of guanidine groups is 1. The Labute approximate surface area is 170 Å². The minimum Gasteiger partial charge on any atom is -0.497 e. The quantitative estimate of drug-likeness (QED) is 0.291. The van der Waals surface area contributed by atoms with Crippen molar-refractivity contribution in [2.24, 2.45) is 4.99 Å². The average molecular weight is 473 g/mol. The van der Waals surface area contributed by atoms with Crippen molar-refractivity contribution < 1.29 is 18.7 Å². The van der Waals surface area contributed by atoms with Crippen LogP contribution in [0.2, 0.25) is 0 Å². The molecule has 8 heteroatoms. The molecule has 0 aliphatic heterocycles. The lowest BCUT2D eigenvalue weighted by molar-refractivity contribution is 0.0599. The molecule has 2 aromatic rings. The third kappa shape index (κ3) is 5.94. The number of esters is 1. The second-order valence-electron chi connectivity index (χ2n) is 5.31. The maximum absolute atomic E-state index is 11.6. The van der Waals surface area contributed by atoms with Gasteiger partial charge in [0.15, 0.2) is 5.96 Å². The summed E-state index contributed by atoms with van der Waals surface area (Å²) in [6.45, 7) is 2.72. The van der Waals surface area contributed by atoms with E-state index in [1.54, 1.807) is 27.1 Å². The minimum absolute atomic E-state index is 0. The van der Waals surface area contributed by atoms with Crippen molar-refractivity contribution in [3.05, 3.63) is 53.0 Å². The molecule has 0 radical (unpaired) electrons. The van der Waals surface area contributed by atoms with Gasteiger partial charge in [0.25, 0.3) is 0 Å². The van der Waals surface area contributed by atoms with Crippen molar-refractivity contribution in [2.75, 3.05) is 21.3 Å². The van der Waals surface area contributed by atoms with Crippen LogP contribution in [0.5, 0.6) is 5.75 Å². The Morgan fingerprint density at radius 1 is 1.19 bits per heavy atom. The van der Waals surface area contributed by atoms with Crippen molar-refractivity contribution in [2.45, 2.75) is 20.0 Å². The number of nitrogens with one attached hydrogen (secondary N) is 2. The highest BCUT2D eigenvalue weighted by Crippen LogP contribution is 2.15. The first-order valence-corrected chi connectivity index (χ1v) is 7.82. The van der Waals surface area contributed by atoms with Gasteiger partial charge in [0, 0.05) is 13.6 Å². The largest absolute Gasteiger partial charge is 0.497 e. The van der Waals surface area contributed by atoms with E-state index < -0.39 is 5.97 Å². The van der Waals surface area contributed by atoms with E-state index in [9.17, 15) is 4.79 Å². The molecule has 7 nitrogen and oxygen atoms in total. The fourth-order valence-corrected chi connectivity index (χ4v) is 2.30. The molecule has 0 saturated heterocycles. The van der Waals surface area contributed by atoms with Crippen LogP contribution < -0.4 is 15.4 Å². The van der Waals surface area contributed by atoms with Crippen molar-refractivity contribution in [1.82, 2.24) is 10.6 Å². The Balaban J connectivity index is 0.00000338. The first-order chi connectivity index (χ1) is 12.1. The van der Waals surface area contributed by atoms with Gasteiger partial charge in [0.05, 0.1) is 20.8 Å². The molecular formula is C18H24IN3O4. The van der Waals surface area contributed by atoms with Gasteiger partial charge < -0.3 is 24.5 Å². The molecule has 142 valence electrons. The van der Waals surface area contributed by atoms with E-state index >= 15 is 0 Å². The Morgan fingerprint density at radius 3 is 2.58 bits per heavy atom. The SMILES string of the molecule is CN=C(NCc1cccc(OC)c1)NCc1cc(C(=O)OC)c(C)o1.I. The third-order valence-corrected chi connectivity index (χ3v) is 3.62. The van der Waals surface area contributed by atoms with Gasteiger partial charge >= 0.3 is 5.97 Å². The molecule has 0 amide bonds. The van der Waals surface area contributed by atoms with E-state index in [-0.39, 0.29) is 24.0 Å². The molecule has 1 aromatic heterocycles. The highest BCUT2D eigenvalue weighted by atomic mass is 127. The van der Waals surface area contributed by atoms with Crippen LogP contribution >= 0.6 is 24.0 Å². The molecule has 0 aliphatic rings. The van der Waals surface area contributed by atoms with Crippen LogP contribution in [0.3, 0.4) is 0 Å². The van der Waals surface area contributed by atoms with Crippen LogP contribution in [0.15, 0.2) is 39.7 Å². The molecule has 26 heavy (non-hydrogen) atoms. The fraction of sp³-hybridized carbons (Fsp3) is 0.333. The predicted molar refractivity (Wildman–Crippen MR) is 110 cm³/mol. The van der Waals surface area contributed by atoms with Crippen LogP contribution in [0.1, 0.15) is 27.4 Å². The van der Waals surface area contributed by atoms with E-state index in [2.05, 4.69) is 15.6 Å². The Kier molecular flexibility index (Phi) is 8.97. The number of methoxy groups -OCH3 is 2. The molecule has 0 aliphatic carbocycles. The average Bonchev–Trinajstić information content (AvgIpc) is 3.02. The fourth-order valence-electron chi connectivity index (χ4n) is 2.30. The molecule has 2 rings (SSSR count). The van der Waals surface area contributed by atoms with Crippen LogP contribution in [-0.2, 0) is 17.8 Å². The van der Waals surface area contributed by atoms with Crippen LogP contribution in [-0.4, -0.2) is 33.2 Å². The van der Waals surface area contributed by atoms with Crippen LogP contribution in [0.25, 0.3) is 0 Å². The number of hydrogen-bond donors (Lipinski definition) is 2. The van der Waals surface area contributed by atoms with Gasteiger partial charge in [0.1, 0.15) is 22.8 Å². The number of benzene rings is 1. The minimum atomic E-state index is -0.409. The highest BCUT2D eigenvalue weighted by molar-refractivity contribution is 14.0. The Bertz CT molecular complexity index is 759. The lowest BCUT2D eigenvalue weighted by Gasteiger charge is -2.11. The molecular weight excluding hydrogens is 449 g/mol. The van der Waals surface area contributed by atoms with Crippen molar-refractivity contribution in [1.29, 1.82) is 0 Å². The van der Waals surface area contributed by atoms with E-state index in [0.717, 1.165) is 11.3 Å². The summed E-state index contributed by atoms with van der Waals surface area (Å²) in [4.78, 5) is 15.8. The second-order valence-corrected chi connectivity index (χ2v) is 5.31. The van der Waals surface area contributed by atoms with Crippen LogP contribution in [0, 0.1) is 6.92 Å². The number of hydrogen-bond acceptors (Lipinski definition) is 5. The molecule has 0 unspecified atom stereocenters. The number of furan rings is 1. The summed E-state index contributed by atoms with van der Waals surface area (Å²) in [6.07, 6.45) is 0. The summed E-state index contributed by atoms with van der Waals surface area (Å²) in [5, 5.41) is 6.36. The molecule has 0 atom stereocenters. The first-order valence-electron chi connectivity index (χ1n) is 7.82. The maximum atomic E-state index is 11.6. The zero-order valence-corrected chi connectivity index (χ0v) is 17.6. The lowest BCUT2D eigenvalue weighted by atomic mass is 10.2. The van der Waals surface area contributed by atoms with Gasteiger partial charge in [-0.1, -0.05) is 12.1 Å². The number of nitrogens with zero attached hydrogens (tertiary/aromatic N) is 1. The Morgan fingerprint density at radius 2 is 1.92 bits per heavy atom. The van der Waals surface area contributed by atoms with Gasteiger partial charge in [-0.25, -0.2) is 4.79 Å². The monoisotopic (exact) mass is 473 g/mol. The summed E-state index contributed by atoms with van der Waals surface area (Å²) in [7, 11) is 4.67. The van der Waals surface area contributed by atoms with Gasteiger partial charge in [-0.3, -0.25) is 4.99 Å². The maximum Gasteiger partial charge on any atom is 0.341 e. The smallest absolute Gasteiger partial charge is 0.341 e. The van der Waals surface area contributed by atoms with E-state index in [0.29, 0.717) is 36.1 Å². The normalized spacial score (nSPS) is 10.7. The molecule has 0 spiro atoms. The van der Waals surface area contributed by atoms with Gasteiger partial charge in [-0.05, 0) is 30.7 Å². The first kappa shape index (κ1) is 21.8. The second kappa shape index (κ2) is 10.7. The van der Waals surface area contributed by atoms with Gasteiger partial charge in [-0.15, -0.1) is 24.0 Å². The molecule has 0 fully saturated rings. The third-order valence-electron chi connectivity index (χ3n) is 3.62. The summed E-state index contributed by atoms with van der Waals surface area (Å²) >= 11 is 0. The van der Waals surface area contributed by atoms with Crippen LogP contribution in [0.4, 0.5) is 0 Å². The summed E-state index contributed by atoms with van der Waals surface area (Å²) in [6, 6.07) is 9.46. The van der Waals surface area contributed by atoms with Crippen molar-refractivity contribution in [3.63, 3.8) is 0 Å². The van der Waals surface area contributed by atoms with E-state index in [4.69, 9.17) is 13.9 Å². The number of ether oxygens (including phenoxy) is 2. The molecule has 1 heterocycles. The summed E-state index contributed by atoms with van der Waals surface area (Å²) in [5.41, 5.74) is 1.50. The zero-order valence-electron chi connectivity index (χ0n) is 15.3. The standard InChI is InChI=1S/C18H23N3O4.HI/c1-12-16(17(22)24-4)9-15(25-12)11-21-18(19-2)20-10-13-6-5-7-14(8-13)23-3;/h5-9H,10-11H2,1-4H3,(H2,19,20,21);1H. The lowest BCUT2D eigenvalue weighted by Crippen LogP contribution is -2.36. The number of carbonyl (C=O) groups excluding carboxylic acids is 1. The van der Waals surface area contributed by atoms with E-state index in [1.165, 1.54) is 7.11 Å². The number of carbonyl (C=O) groups is 1. The number of halogens is 1. The summed E-state index contributed by atoms with van der Waals surface area (Å²) in [5.74, 6) is 2.18. The Hall–Kier alpha value is -2.23. The van der Waals surface area contributed by atoms with Gasteiger partial charge in [-0.2, -0.15) is 0 Å². The van der Waals surface area contributed by atoms with Crippen molar-refractivity contribution >= 4 is 35.9 Å². The number of rotatable bonds is 6. The molecule has 0 bridgehead atoms. The topological polar surface area (TPSA) is 85.1 Å². The molecule has 1 aromatic carbocycles. The molecule has 2 N–H and O–H groups in total. The summed E-state index contributed by atoms with van der Waals surface area (Å²) < 4.78 is 15.5. The number of aryl methyl sites for hydroxylation is 1. The van der Waals surface area contributed by atoms with E-state index in [1.807, 2.05) is 24.3 Å². The predicted octanol–water partition coefficient (Wildman–Crippen LogP) is 2.87. The zero-order chi connectivity index (χ0) is 18.2. The highest BCUT2D eigenvalue weighted by Gasteiger charge is 2.15.